The van der Waals surface area contributed by atoms with E-state index in [4.69, 9.17) is 0 Å². The van der Waals surface area contributed by atoms with Crippen molar-refractivity contribution in [3.8, 4) is 0 Å². The van der Waals surface area contributed by atoms with Crippen molar-refractivity contribution in [3.05, 3.63) is 54.4 Å². The smallest absolute Gasteiger partial charge is 0.213 e. The second kappa shape index (κ2) is 10.6. The highest BCUT2D eigenvalue weighted by atomic mass is 32.2. The maximum absolute atomic E-state index is 12.0. The van der Waals surface area contributed by atoms with Crippen molar-refractivity contribution in [2.45, 2.75) is 19.5 Å². The van der Waals surface area contributed by atoms with E-state index in [9.17, 15) is 8.42 Å². The van der Waals surface area contributed by atoms with Crippen LogP contribution in [0.3, 0.4) is 0 Å². The lowest BCUT2D eigenvalue weighted by Gasteiger charge is -2.12. The lowest BCUT2D eigenvalue weighted by molar-refractivity contribution is 0.569. The van der Waals surface area contributed by atoms with Crippen LogP contribution in [-0.2, 0) is 23.1 Å². The van der Waals surface area contributed by atoms with E-state index in [1.54, 1.807) is 13.2 Å². The van der Waals surface area contributed by atoms with E-state index in [0.717, 1.165) is 25.1 Å². The minimum absolute atomic E-state index is 0.0200. The van der Waals surface area contributed by atoms with Crippen molar-refractivity contribution in [2.75, 3.05) is 25.9 Å². The number of sulfonamides is 1. The Labute approximate surface area is 154 Å². The van der Waals surface area contributed by atoms with Crippen LogP contribution in [0.1, 0.15) is 12.0 Å². The molecule has 1 heterocycles. The number of guanidine groups is 1. The molecular formula is C17H26N6O2S. The summed E-state index contributed by atoms with van der Waals surface area (Å²) in [6.07, 6.45) is 4.56. The van der Waals surface area contributed by atoms with Gasteiger partial charge in [-0.3, -0.25) is 9.67 Å². The first-order valence-electron chi connectivity index (χ1n) is 8.52. The second-order valence-corrected chi connectivity index (χ2v) is 7.60. The van der Waals surface area contributed by atoms with E-state index in [-0.39, 0.29) is 12.3 Å². The highest BCUT2D eigenvalue weighted by Gasteiger charge is 2.10. The SMILES string of the molecule is CN=C(NCCCn1cccn1)NCCS(=O)(=O)NCc1ccccc1. The van der Waals surface area contributed by atoms with Crippen LogP contribution in [0.25, 0.3) is 0 Å². The molecule has 0 saturated heterocycles. The molecule has 2 rings (SSSR count). The maximum atomic E-state index is 12.0. The normalized spacial score (nSPS) is 12.1. The van der Waals surface area contributed by atoms with Crippen molar-refractivity contribution in [1.29, 1.82) is 0 Å². The average molecular weight is 379 g/mol. The van der Waals surface area contributed by atoms with Crippen LogP contribution in [-0.4, -0.2) is 50.0 Å². The van der Waals surface area contributed by atoms with Gasteiger partial charge in [0.25, 0.3) is 0 Å². The molecule has 0 aliphatic carbocycles. The second-order valence-electron chi connectivity index (χ2n) is 5.67. The third kappa shape index (κ3) is 7.66. The zero-order valence-electron chi connectivity index (χ0n) is 14.9. The molecule has 0 aliphatic rings. The largest absolute Gasteiger partial charge is 0.356 e. The maximum Gasteiger partial charge on any atom is 0.213 e. The molecule has 142 valence electrons. The van der Waals surface area contributed by atoms with E-state index < -0.39 is 10.0 Å². The first-order valence-corrected chi connectivity index (χ1v) is 10.2. The van der Waals surface area contributed by atoms with Gasteiger partial charge in [-0.25, -0.2) is 13.1 Å². The third-order valence-electron chi connectivity index (χ3n) is 3.64. The number of rotatable bonds is 10. The van der Waals surface area contributed by atoms with E-state index in [1.807, 2.05) is 47.3 Å². The lowest BCUT2D eigenvalue weighted by atomic mass is 10.2. The Morgan fingerprint density at radius 1 is 1.15 bits per heavy atom. The number of hydrogen-bond donors (Lipinski definition) is 3. The first-order chi connectivity index (χ1) is 12.6. The van der Waals surface area contributed by atoms with Gasteiger partial charge < -0.3 is 10.6 Å². The fourth-order valence-electron chi connectivity index (χ4n) is 2.27. The molecule has 1 aromatic heterocycles. The average Bonchev–Trinajstić information content (AvgIpc) is 3.16. The Bertz CT molecular complexity index is 760. The molecule has 0 unspecified atom stereocenters. The Balaban J connectivity index is 1.62. The first kappa shape index (κ1) is 19.9. The molecular weight excluding hydrogens is 352 g/mol. The van der Waals surface area contributed by atoms with Crippen molar-refractivity contribution < 1.29 is 8.42 Å². The zero-order chi connectivity index (χ0) is 18.7. The summed E-state index contributed by atoms with van der Waals surface area (Å²) >= 11 is 0. The van der Waals surface area contributed by atoms with Crippen LogP contribution >= 0.6 is 0 Å². The van der Waals surface area contributed by atoms with Crippen molar-refractivity contribution in [2.24, 2.45) is 4.99 Å². The molecule has 0 fully saturated rings. The number of nitrogens with zero attached hydrogens (tertiary/aromatic N) is 3. The molecule has 0 atom stereocenters. The van der Waals surface area contributed by atoms with Crippen LogP contribution in [0.4, 0.5) is 0 Å². The fraction of sp³-hybridized carbons (Fsp3) is 0.412. The standard InChI is InChI=1S/C17H26N6O2S/c1-18-17(19-9-5-12-23-13-6-10-21-23)20-11-14-26(24,25)22-15-16-7-3-2-4-8-16/h2-4,6-8,10,13,22H,5,9,11-12,14-15H2,1H3,(H2,18,19,20). The topological polar surface area (TPSA) is 100 Å². The van der Waals surface area contributed by atoms with E-state index in [2.05, 4.69) is 25.4 Å². The summed E-state index contributed by atoms with van der Waals surface area (Å²) in [6.45, 7) is 2.11. The monoisotopic (exact) mass is 378 g/mol. The molecule has 0 spiro atoms. The van der Waals surface area contributed by atoms with Crippen LogP contribution in [0.2, 0.25) is 0 Å². The summed E-state index contributed by atoms with van der Waals surface area (Å²) in [6, 6.07) is 11.3. The predicted molar refractivity (Wildman–Crippen MR) is 103 cm³/mol. The summed E-state index contributed by atoms with van der Waals surface area (Å²) in [5, 5.41) is 10.3. The van der Waals surface area contributed by atoms with Crippen LogP contribution in [0.5, 0.6) is 0 Å². The predicted octanol–water partition coefficient (Wildman–Crippen LogP) is 0.558. The molecule has 2 aromatic rings. The van der Waals surface area contributed by atoms with Gasteiger partial charge in [0.2, 0.25) is 10.0 Å². The summed E-state index contributed by atoms with van der Waals surface area (Å²) in [7, 11) is -1.69. The Morgan fingerprint density at radius 2 is 1.92 bits per heavy atom. The van der Waals surface area contributed by atoms with E-state index in [1.165, 1.54) is 0 Å². The molecule has 0 radical (unpaired) electrons. The molecule has 9 heteroatoms. The van der Waals surface area contributed by atoms with Crippen molar-refractivity contribution in [3.63, 3.8) is 0 Å². The molecule has 0 amide bonds. The zero-order valence-corrected chi connectivity index (χ0v) is 15.7. The molecule has 26 heavy (non-hydrogen) atoms. The molecule has 1 aromatic carbocycles. The number of hydrogen-bond acceptors (Lipinski definition) is 4. The Morgan fingerprint density at radius 3 is 2.62 bits per heavy atom. The molecule has 8 nitrogen and oxygen atoms in total. The number of benzene rings is 1. The van der Waals surface area contributed by atoms with Gasteiger partial charge in [-0.1, -0.05) is 30.3 Å². The van der Waals surface area contributed by atoms with Crippen LogP contribution < -0.4 is 15.4 Å². The van der Waals surface area contributed by atoms with Crippen LogP contribution in [0.15, 0.2) is 53.8 Å². The molecule has 0 saturated carbocycles. The van der Waals surface area contributed by atoms with E-state index in [0.29, 0.717) is 12.5 Å². The summed E-state index contributed by atoms with van der Waals surface area (Å²) in [5.41, 5.74) is 0.929. The van der Waals surface area contributed by atoms with Gasteiger partial charge >= 0.3 is 0 Å². The summed E-state index contributed by atoms with van der Waals surface area (Å²) in [4.78, 5) is 4.09. The molecule has 0 bridgehead atoms. The lowest BCUT2D eigenvalue weighted by Crippen LogP contribution is -2.41. The molecule has 3 N–H and O–H groups in total. The van der Waals surface area contributed by atoms with Crippen molar-refractivity contribution >= 4 is 16.0 Å². The van der Waals surface area contributed by atoms with E-state index >= 15 is 0 Å². The van der Waals surface area contributed by atoms with Gasteiger partial charge in [-0.15, -0.1) is 0 Å². The Hall–Kier alpha value is -2.39. The number of aliphatic imine (C=N–C) groups is 1. The van der Waals surface area contributed by atoms with Gasteiger partial charge in [-0.05, 0) is 18.1 Å². The molecule has 0 aliphatic heterocycles. The third-order valence-corrected chi connectivity index (χ3v) is 4.97. The summed E-state index contributed by atoms with van der Waals surface area (Å²) in [5.74, 6) is 0.567. The fourth-order valence-corrected chi connectivity index (χ4v) is 3.17. The van der Waals surface area contributed by atoms with Crippen LogP contribution in [0, 0.1) is 0 Å². The number of nitrogens with one attached hydrogen (secondary N) is 3. The highest BCUT2D eigenvalue weighted by Crippen LogP contribution is 1.98. The quantitative estimate of drug-likeness (QED) is 0.319. The van der Waals surface area contributed by atoms with Gasteiger partial charge in [0, 0.05) is 45.6 Å². The van der Waals surface area contributed by atoms with Crippen molar-refractivity contribution in [1.82, 2.24) is 25.1 Å². The minimum atomic E-state index is -3.35. The van der Waals surface area contributed by atoms with Gasteiger partial charge in [-0.2, -0.15) is 5.10 Å². The van der Waals surface area contributed by atoms with Gasteiger partial charge in [0.15, 0.2) is 5.96 Å². The van der Waals surface area contributed by atoms with Gasteiger partial charge in [0.05, 0.1) is 5.75 Å². The minimum Gasteiger partial charge on any atom is -0.356 e. The Kier molecular flexibility index (Phi) is 8.10. The van der Waals surface area contributed by atoms with Gasteiger partial charge in [0.1, 0.15) is 0 Å². The number of aryl methyl sites for hydroxylation is 1. The summed E-state index contributed by atoms with van der Waals surface area (Å²) < 4.78 is 28.5. The number of aromatic nitrogens is 2. The highest BCUT2D eigenvalue weighted by molar-refractivity contribution is 7.89.